The molecule has 0 atom stereocenters. The lowest BCUT2D eigenvalue weighted by Crippen LogP contribution is -2.26. The summed E-state index contributed by atoms with van der Waals surface area (Å²) in [6.07, 6.45) is 2.76. The topological polar surface area (TPSA) is 88.5 Å². The molecule has 7 heteroatoms. The normalized spacial score (nSPS) is 10.8. The van der Waals surface area contributed by atoms with Gasteiger partial charge in [0.2, 0.25) is 0 Å². The van der Waals surface area contributed by atoms with Gasteiger partial charge < -0.3 is 15.2 Å². The molecule has 0 aliphatic heterocycles. The number of methoxy groups -OCH3 is 1. The second kappa shape index (κ2) is 11.0. The van der Waals surface area contributed by atoms with Crippen LogP contribution in [0.5, 0.6) is 5.75 Å². The van der Waals surface area contributed by atoms with Crippen LogP contribution in [0.4, 0.5) is 0 Å². The van der Waals surface area contributed by atoms with Gasteiger partial charge in [0, 0.05) is 29.6 Å². The van der Waals surface area contributed by atoms with E-state index in [1.54, 1.807) is 12.3 Å². The number of aliphatic carboxylic acids is 1. The molecule has 4 rings (SSSR count). The molecule has 0 radical (unpaired) electrons. The Kier molecular flexibility index (Phi) is 7.63. The number of fused-ring (bicyclic) bond motifs is 1. The SMILES string of the molecule is COc1cc(Cc2ncc(CC(=O)O)c3ccccc23)ccc1C(=O)NCCc1ccc(Cl)cc1. The highest BCUT2D eigenvalue weighted by Gasteiger charge is 2.15. The molecule has 1 aromatic heterocycles. The number of pyridine rings is 1. The number of benzene rings is 3. The summed E-state index contributed by atoms with van der Waals surface area (Å²) >= 11 is 5.92. The van der Waals surface area contributed by atoms with Gasteiger partial charge in [-0.1, -0.05) is 54.1 Å². The van der Waals surface area contributed by atoms with Crippen LogP contribution in [0.25, 0.3) is 10.8 Å². The number of carbonyl (C=O) groups is 2. The van der Waals surface area contributed by atoms with Gasteiger partial charge in [0.25, 0.3) is 5.91 Å². The Morgan fingerprint density at radius 1 is 1.00 bits per heavy atom. The van der Waals surface area contributed by atoms with Crippen LogP contribution in [0, 0.1) is 0 Å². The average molecular weight is 489 g/mol. The number of nitrogens with zero attached hydrogens (tertiary/aromatic N) is 1. The maximum atomic E-state index is 12.8. The number of ether oxygens (including phenoxy) is 1. The minimum Gasteiger partial charge on any atom is -0.496 e. The third-order valence-electron chi connectivity index (χ3n) is 5.80. The number of nitrogens with one attached hydrogen (secondary N) is 1. The summed E-state index contributed by atoms with van der Waals surface area (Å²) in [7, 11) is 1.54. The van der Waals surface area contributed by atoms with Crippen LogP contribution < -0.4 is 10.1 Å². The molecular weight excluding hydrogens is 464 g/mol. The highest BCUT2D eigenvalue weighted by atomic mass is 35.5. The zero-order valence-electron chi connectivity index (χ0n) is 19.3. The Morgan fingerprint density at radius 3 is 2.43 bits per heavy atom. The van der Waals surface area contributed by atoms with Crippen molar-refractivity contribution >= 4 is 34.2 Å². The molecule has 178 valence electrons. The lowest BCUT2D eigenvalue weighted by Gasteiger charge is -2.13. The fourth-order valence-corrected chi connectivity index (χ4v) is 4.17. The van der Waals surface area contributed by atoms with E-state index in [-0.39, 0.29) is 12.3 Å². The Morgan fingerprint density at radius 2 is 1.71 bits per heavy atom. The molecule has 4 aromatic rings. The van der Waals surface area contributed by atoms with E-state index in [1.807, 2.05) is 60.7 Å². The van der Waals surface area contributed by atoms with E-state index in [0.29, 0.717) is 41.3 Å². The number of carbonyl (C=O) groups excluding carboxylic acids is 1. The Bertz CT molecular complexity index is 1370. The molecule has 0 aliphatic rings. The predicted molar refractivity (Wildman–Crippen MR) is 136 cm³/mol. The summed E-state index contributed by atoms with van der Waals surface area (Å²) in [6.45, 7) is 0.490. The molecule has 0 unspecified atom stereocenters. The van der Waals surface area contributed by atoms with E-state index in [9.17, 15) is 14.7 Å². The van der Waals surface area contributed by atoms with Gasteiger partial charge in [-0.05, 0) is 52.8 Å². The Hall–Kier alpha value is -3.90. The third-order valence-corrected chi connectivity index (χ3v) is 6.05. The molecule has 0 bridgehead atoms. The third kappa shape index (κ3) is 5.97. The quantitative estimate of drug-likeness (QED) is 0.342. The average Bonchev–Trinajstić information content (AvgIpc) is 2.86. The number of amides is 1. The number of carboxylic acids is 1. The Labute approximate surface area is 208 Å². The summed E-state index contributed by atoms with van der Waals surface area (Å²) in [5.74, 6) is -0.612. The lowest BCUT2D eigenvalue weighted by molar-refractivity contribution is -0.136. The van der Waals surface area contributed by atoms with Crippen LogP contribution in [0.2, 0.25) is 5.02 Å². The largest absolute Gasteiger partial charge is 0.496 e. The highest BCUT2D eigenvalue weighted by Crippen LogP contribution is 2.26. The first-order chi connectivity index (χ1) is 16.9. The van der Waals surface area contributed by atoms with E-state index in [1.165, 1.54) is 7.11 Å². The van der Waals surface area contributed by atoms with E-state index in [4.69, 9.17) is 16.3 Å². The first-order valence-corrected chi connectivity index (χ1v) is 11.6. The van der Waals surface area contributed by atoms with E-state index >= 15 is 0 Å². The number of halogens is 1. The van der Waals surface area contributed by atoms with Crippen molar-refractivity contribution in [3.05, 3.63) is 106 Å². The number of hydrogen-bond donors (Lipinski definition) is 2. The number of hydrogen-bond acceptors (Lipinski definition) is 4. The molecule has 6 nitrogen and oxygen atoms in total. The molecule has 1 heterocycles. The predicted octanol–water partition coefficient (Wildman–Crippen LogP) is 5.09. The Balaban J connectivity index is 1.49. The van der Waals surface area contributed by atoms with Crippen molar-refractivity contribution in [2.24, 2.45) is 0 Å². The molecule has 0 saturated carbocycles. The van der Waals surface area contributed by atoms with Gasteiger partial charge in [0.1, 0.15) is 5.75 Å². The number of carboxylic acid groups (broad SMARTS) is 1. The van der Waals surface area contributed by atoms with E-state index < -0.39 is 5.97 Å². The molecule has 0 fully saturated rings. The first kappa shape index (κ1) is 24.2. The van der Waals surface area contributed by atoms with E-state index in [2.05, 4.69) is 10.3 Å². The molecule has 1 amide bonds. The number of rotatable bonds is 9. The summed E-state index contributed by atoms with van der Waals surface area (Å²) in [6, 6.07) is 20.7. The smallest absolute Gasteiger partial charge is 0.307 e. The van der Waals surface area contributed by atoms with Crippen LogP contribution in [0.1, 0.15) is 32.7 Å². The molecule has 3 aromatic carbocycles. The fraction of sp³-hybridized carbons (Fsp3) is 0.179. The van der Waals surface area contributed by atoms with Crippen LogP contribution in [-0.4, -0.2) is 35.6 Å². The fourth-order valence-electron chi connectivity index (χ4n) is 4.05. The van der Waals surface area contributed by atoms with Gasteiger partial charge >= 0.3 is 5.97 Å². The maximum absolute atomic E-state index is 12.8. The monoisotopic (exact) mass is 488 g/mol. The molecule has 0 spiro atoms. The zero-order valence-corrected chi connectivity index (χ0v) is 20.0. The minimum atomic E-state index is -0.892. The number of aromatic nitrogens is 1. The van der Waals surface area contributed by atoms with Crippen LogP contribution in [-0.2, 0) is 24.1 Å². The summed E-state index contributed by atoms with van der Waals surface area (Å²) in [5, 5.41) is 14.6. The van der Waals surface area contributed by atoms with Crippen LogP contribution >= 0.6 is 11.6 Å². The van der Waals surface area contributed by atoms with Gasteiger partial charge in [0.05, 0.1) is 24.8 Å². The van der Waals surface area contributed by atoms with Gasteiger partial charge in [0.15, 0.2) is 0 Å². The standard InChI is InChI=1S/C28H25ClN2O4/c1-35-26-15-19(8-11-24(26)28(34)30-13-12-18-6-9-21(29)10-7-18)14-25-23-5-3-2-4-22(23)20(17-31-25)16-27(32)33/h2-11,15,17H,12-14,16H2,1H3,(H,30,34)(H,32,33). The van der Waals surface area contributed by atoms with Gasteiger partial charge in [-0.3, -0.25) is 14.6 Å². The second-order valence-electron chi connectivity index (χ2n) is 8.19. The van der Waals surface area contributed by atoms with Crippen molar-refractivity contribution in [1.29, 1.82) is 0 Å². The van der Waals surface area contributed by atoms with Gasteiger partial charge in [-0.15, -0.1) is 0 Å². The first-order valence-electron chi connectivity index (χ1n) is 11.2. The van der Waals surface area contributed by atoms with Crippen molar-refractivity contribution in [1.82, 2.24) is 10.3 Å². The van der Waals surface area contributed by atoms with E-state index in [0.717, 1.165) is 27.6 Å². The van der Waals surface area contributed by atoms with Crippen molar-refractivity contribution in [3.63, 3.8) is 0 Å². The summed E-state index contributed by atoms with van der Waals surface area (Å²) in [4.78, 5) is 28.5. The molecule has 35 heavy (non-hydrogen) atoms. The highest BCUT2D eigenvalue weighted by molar-refractivity contribution is 6.30. The van der Waals surface area contributed by atoms with Crippen molar-refractivity contribution < 1.29 is 19.4 Å². The molecular formula is C28H25ClN2O4. The minimum absolute atomic E-state index is 0.0799. The van der Waals surface area contributed by atoms with Crippen molar-refractivity contribution in [2.75, 3.05) is 13.7 Å². The van der Waals surface area contributed by atoms with Crippen molar-refractivity contribution in [3.8, 4) is 5.75 Å². The second-order valence-corrected chi connectivity index (χ2v) is 8.63. The molecule has 0 saturated heterocycles. The zero-order chi connectivity index (χ0) is 24.8. The van der Waals surface area contributed by atoms with Gasteiger partial charge in [-0.2, -0.15) is 0 Å². The maximum Gasteiger partial charge on any atom is 0.307 e. The lowest BCUT2D eigenvalue weighted by atomic mass is 9.98. The molecule has 2 N–H and O–H groups in total. The summed E-state index contributed by atoms with van der Waals surface area (Å²) < 4.78 is 5.51. The summed E-state index contributed by atoms with van der Waals surface area (Å²) in [5.41, 5.74) is 3.99. The van der Waals surface area contributed by atoms with Crippen LogP contribution in [0.3, 0.4) is 0 Å². The van der Waals surface area contributed by atoms with Crippen molar-refractivity contribution in [2.45, 2.75) is 19.3 Å². The van der Waals surface area contributed by atoms with Crippen LogP contribution in [0.15, 0.2) is 72.9 Å². The van der Waals surface area contributed by atoms with Gasteiger partial charge in [-0.25, -0.2) is 0 Å². The molecule has 0 aliphatic carbocycles.